The quantitative estimate of drug-likeness (QED) is 0.837. The van der Waals surface area contributed by atoms with Crippen molar-refractivity contribution in [1.82, 2.24) is 0 Å². The standard InChI is InChI=1S/C11H19NS2/c1-8(2)6-13-7-10(12)11-5-4-9(3)14-11/h4-5,8,10H,6-7,12H2,1-3H3. The molecule has 1 unspecified atom stereocenters. The van der Waals surface area contributed by atoms with E-state index in [0.29, 0.717) is 0 Å². The third kappa shape index (κ3) is 4.03. The number of thiophene rings is 1. The summed E-state index contributed by atoms with van der Waals surface area (Å²) in [6.45, 7) is 6.61. The Bertz CT molecular complexity index is 268. The molecule has 14 heavy (non-hydrogen) atoms. The van der Waals surface area contributed by atoms with Crippen LogP contribution in [0.4, 0.5) is 0 Å². The summed E-state index contributed by atoms with van der Waals surface area (Å²) in [7, 11) is 0. The fourth-order valence-electron chi connectivity index (χ4n) is 1.17. The van der Waals surface area contributed by atoms with E-state index in [4.69, 9.17) is 5.73 Å². The molecule has 1 aromatic heterocycles. The lowest BCUT2D eigenvalue weighted by molar-refractivity contribution is 0.747. The Hall–Kier alpha value is 0.01000. The van der Waals surface area contributed by atoms with Crippen LogP contribution in [0.3, 0.4) is 0 Å². The van der Waals surface area contributed by atoms with E-state index in [2.05, 4.69) is 32.9 Å². The topological polar surface area (TPSA) is 26.0 Å². The van der Waals surface area contributed by atoms with Crippen molar-refractivity contribution in [1.29, 1.82) is 0 Å². The number of hydrogen-bond donors (Lipinski definition) is 1. The number of nitrogens with two attached hydrogens (primary N) is 1. The maximum Gasteiger partial charge on any atom is 0.0481 e. The Kier molecular flexibility index (Phi) is 4.99. The van der Waals surface area contributed by atoms with Gasteiger partial charge in [0.15, 0.2) is 0 Å². The molecule has 0 fully saturated rings. The molecule has 1 atom stereocenters. The van der Waals surface area contributed by atoms with Crippen LogP contribution in [0, 0.1) is 12.8 Å². The van der Waals surface area contributed by atoms with Crippen LogP contribution in [0.2, 0.25) is 0 Å². The second-order valence-corrected chi connectivity index (χ2v) is 6.38. The zero-order valence-corrected chi connectivity index (χ0v) is 10.8. The highest BCUT2D eigenvalue weighted by Crippen LogP contribution is 2.24. The lowest BCUT2D eigenvalue weighted by Gasteiger charge is -2.10. The predicted molar refractivity (Wildman–Crippen MR) is 68.1 cm³/mol. The van der Waals surface area contributed by atoms with Crippen LogP contribution in [-0.2, 0) is 0 Å². The van der Waals surface area contributed by atoms with Crippen LogP contribution in [0.1, 0.15) is 29.6 Å². The molecule has 1 rings (SSSR count). The van der Waals surface area contributed by atoms with Crippen molar-refractivity contribution >= 4 is 23.1 Å². The van der Waals surface area contributed by atoms with Gasteiger partial charge >= 0.3 is 0 Å². The Morgan fingerprint density at radius 2 is 2.07 bits per heavy atom. The number of rotatable bonds is 5. The fourth-order valence-corrected chi connectivity index (χ4v) is 3.19. The van der Waals surface area contributed by atoms with Crippen LogP contribution in [0.5, 0.6) is 0 Å². The molecule has 0 saturated carbocycles. The molecule has 0 radical (unpaired) electrons. The van der Waals surface area contributed by atoms with E-state index in [9.17, 15) is 0 Å². The third-order valence-corrected chi connectivity index (χ3v) is 4.50. The van der Waals surface area contributed by atoms with E-state index in [0.717, 1.165) is 11.7 Å². The smallest absolute Gasteiger partial charge is 0.0481 e. The minimum atomic E-state index is 0.220. The monoisotopic (exact) mass is 229 g/mol. The molecule has 2 N–H and O–H groups in total. The Balaban J connectivity index is 2.32. The minimum Gasteiger partial charge on any atom is -0.323 e. The van der Waals surface area contributed by atoms with Crippen molar-refractivity contribution in [3.8, 4) is 0 Å². The summed E-state index contributed by atoms with van der Waals surface area (Å²) in [6, 6.07) is 4.52. The van der Waals surface area contributed by atoms with Crippen molar-refractivity contribution in [2.24, 2.45) is 11.7 Å². The van der Waals surface area contributed by atoms with E-state index < -0.39 is 0 Å². The summed E-state index contributed by atoms with van der Waals surface area (Å²) >= 11 is 3.77. The average Bonchev–Trinajstić information content (AvgIpc) is 2.51. The number of hydrogen-bond acceptors (Lipinski definition) is 3. The van der Waals surface area contributed by atoms with E-state index in [1.165, 1.54) is 15.5 Å². The predicted octanol–water partition coefficient (Wildman–Crippen LogP) is 3.45. The molecule has 0 aliphatic rings. The van der Waals surface area contributed by atoms with Gasteiger partial charge in [-0.1, -0.05) is 13.8 Å². The van der Waals surface area contributed by atoms with Crippen molar-refractivity contribution < 1.29 is 0 Å². The minimum absolute atomic E-state index is 0.220. The molecule has 1 heterocycles. The molecule has 80 valence electrons. The van der Waals surface area contributed by atoms with Crippen LogP contribution < -0.4 is 5.73 Å². The highest BCUT2D eigenvalue weighted by Gasteiger charge is 2.08. The zero-order valence-electron chi connectivity index (χ0n) is 9.12. The Morgan fingerprint density at radius 1 is 1.36 bits per heavy atom. The highest BCUT2D eigenvalue weighted by atomic mass is 32.2. The van der Waals surface area contributed by atoms with E-state index in [-0.39, 0.29) is 6.04 Å². The molecule has 1 aromatic rings. The van der Waals surface area contributed by atoms with Crippen molar-refractivity contribution in [3.05, 3.63) is 21.9 Å². The summed E-state index contributed by atoms with van der Waals surface area (Å²) in [5, 5.41) is 0. The van der Waals surface area contributed by atoms with Gasteiger partial charge in [0.05, 0.1) is 0 Å². The third-order valence-electron chi connectivity index (χ3n) is 1.88. The first-order valence-electron chi connectivity index (χ1n) is 4.99. The van der Waals surface area contributed by atoms with E-state index >= 15 is 0 Å². The summed E-state index contributed by atoms with van der Waals surface area (Å²) in [5.74, 6) is 3.01. The van der Waals surface area contributed by atoms with Gasteiger partial charge in [0.2, 0.25) is 0 Å². The summed E-state index contributed by atoms with van der Waals surface area (Å²) in [5.41, 5.74) is 6.08. The second kappa shape index (κ2) is 5.79. The van der Waals surface area contributed by atoms with E-state index in [1.54, 1.807) is 0 Å². The lowest BCUT2D eigenvalue weighted by atomic mass is 10.3. The Labute approximate surface area is 95.1 Å². The molecule has 0 saturated heterocycles. The molecular weight excluding hydrogens is 210 g/mol. The van der Waals surface area contributed by atoms with Crippen LogP contribution in [0.15, 0.2) is 12.1 Å². The zero-order chi connectivity index (χ0) is 10.6. The SMILES string of the molecule is Cc1ccc(C(N)CSCC(C)C)s1. The average molecular weight is 229 g/mol. The maximum atomic E-state index is 6.08. The van der Waals surface area contributed by atoms with Gasteiger partial charge in [-0.05, 0) is 30.7 Å². The fraction of sp³-hybridized carbons (Fsp3) is 0.636. The molecule has 1 nitrogen and oxygen atoms in total. The summed E-state index contributed by atoms with van der Waals surface area (Å²) < 4.78 is 0. The first-order valence-corrected chi connectivity index (χ1v) is 6.96. The number of aryl methyl sites for hydroxylation is 1. The maximum absolute atomic E-state index is 6.08. The van der Waals surface area contributed by atoms with Gasteiger partial charge in [0.25, 0.3) is 0 Å². The molecule has 3 heteroatoms. The van der Waals surface area contributed by atoms with Gasteiger partial charge in [0.1, 0.15) is 0 Å². The van der Waals surface area contributed by atoms with E-state index in [1.807, 2.05) is 23.1 Å². The van der Waals surface area contributed by atoms with Crippen molar-refractivity contribution in [3.63, 3.8) is 0 Å². The van der Waals surface area contributed by atoms with Gasteiger partial charge < -0.3 is 5.73 Å². The molecule has 0 amide bonds. The molecular formula is C11H19NS2. The van der Waals surface area contributed by atoms with Crippen molar-refractivity contribution in [2.75, 3.05) is 11.5 Å². The van der Waals surface area contributed by atoms with Crippen molar-refractivity contribution in [2.45, 2.75) is 26.8 Å². The van der Waals surface area contributed by atoms with Gasteiger partial charge in [-0.2, -0.15) is 11.8 Å². The largest absolute Gasteiger partial charge is 0.323 e. The first kappa shape index (κ1) is 12.1. The molecule has 0 bridgehead atoms. The summed E-state index contributed by atoms with van der Waals surface area (Å²) in [6.07, 6.45) is 0. The highest BCUT2D eigenvalue weighted by molar-refractivity contribution is 7.99. The molecule has 0 aliphatic heterocycles. The van der Waals surface area contributed by atoms with Gasteiger partial charge in [-0.25, -0.2) is 0 Å². The number of thioether (sulfide) groups is 1. The Morgan fingerprint density at radius 3 is 2.57 bits per heavy atom. The normalized spacial score (nSPS) is 13.5. The van der Waals surface area contributed by atoms with Gasteiger partial charge in [-0.3, -0.25) is 0 Å². The van der Waals surface area contributed by atoms with Gasteiger partial charge in [0, 0.05) is 21.5 Å². The van der Waals surface area contributed by atoms with Crippen LogP contribution in [0.25, 0.3) is 0 Å². The first-order chi connectivity index (χ1) is 6.59. The van der Waals surface area contributed by atoms with Crippen LogP contribution in [-0.4, -0.2) is 11.5 Å². The van der Waals surface area contributed by atoms with Crippen LogP contribution >= 0.6 is 23.1 Å². The lowest BCUT2D eigenvalue weighted by Crippen LogP contribution is -2.12. The molecule has 0 aliphatic carbocycles. The molecule has 0 spiro atoms. The molecule has 0 aromatic carbocycles. The van der Waals surface area contributed by atoms with Gasteiger partial charge in [-0.15, -0.1) is 11.3 Å². The summed E-state index contributed by atoms with van der Waals surface area (Å²) in [4.78, 5) is 2.67. The second-order valence-electron chi connectivity index (χ2n) is 3.99.